The maximum absolute atomic E-state index is 12.3. The summed E-state index contributed by atoms with van der Waals surface area (Å²) in [6.07, 6.45) is 1.63. The van der Waals surface area contributed by atoms with Gasteiger partial charge in [-0.25, -0.2) is 0 Å². The van der Waals surface area contributed by atoms with Crippen molar-refractivity contribution in [3.05, 3.63) is 35.4 Å². The summed E-state index contributed by atoms with van der Waals surface area (Å²) in [6, 6.07) is 7.24. The number of aryl methyl sites for hydroxylation is 1. The largest absolute Gasteiger partial charge is 0.469 e. The van der Waals surface area contributed by atoms with E-state index in [0.29, 0.717) is 12.0 Å². The Bertz CT molecular complexity index is 426. The van der Waals surface area contributed by atoms with Gasteiger partial charge in [0.15, 0.2) is 5.78 Å². The zero-order valence-electron chi connectivity index (χ0n) is 11.7. The molecule has 104 valence electrons. The Morgan fingerprint density at radius 3 is 2.37 bits per heavy atom. The Hall–Kier alpha value is -1.68. The van der Waals surface area contributed by atoms with Gasteiger partial charge in [0.25, 0.3) is 0 Å². The second-order valence-electron chi connectivity index (χ2n) is 4.37. The summed E-state index contributed by atoms with van der Waals surface area (Å²) in [5, 5.41) is 2.95. The number of likely N-dealkylation sites (N-methyl/N-ethyl adjacent to an activating group) is 1. The van der Waals surface area contributed by atoms with Crippen molar-refractivity contribution in [3.8, 4) is 0 Å². The van der Waals surface area contributed by atoms with Crippen molar-refractivity contribution in [2.45, 2.75) is 32.2 Å². The summed E-state index contributed by atoms with van der Waals surface area (Å²) in [6.45, 7) is 2.07. The zero-order chi connectivity index (χ0) is 14.3. The van der Waals surface area contributed by atoms with E-state index in [-0.39, 0.29) is 24.2 Å². The molecule has 1 rings (SSSR count). The molecule has 1 N–H and O–H groups in total. The highest BCUT2D eigenvalue weighted by molar-refractivity contribution is 6.00. The average Bonchev–Trinajstić information content (AvgIpc) is 2.47. The van der Waals surface area contributed by atoms with Crippen molar-refractivity contribution < 1.29 is 14.3 Å². The minimum Gasteiger partial charge on any atom is -0.469 e. The Morgan fingerprint density at radius 2 is 1.89 bits per heavy atom. The summed E-state index contributed by atoms with van der Waals surface area (Å²) in [5.41, 5.74) is 1.87. The molecule has 1 aromatic rings. The third-order valence-electron chi connectivity index (χ3n) is 3.18. The molecule has 1 atom stereocenters. The lowest BCUT2D eigenvalue weighted by Gasteiger charge is -2.14. The van der Waals surface area contributed by atoms with Gasteiger partial charge in [-0.2, -0.15) is 0 Å². The number of hydrogen-bond donors (Lipinski definition) is 1. The standard InChI is InChI=1S/C15H21NO3/c1-4-11-5-7-12(8-6-11)15(18)13(16-2)9-10-14(17)19-3/h5-8,13,16H,4,9-10H2,1-3H3. The van der Waals surface area contributed by atoms with Crippen molar-refractivity contribution in [1.29, 1.82) is 0 Å². The number of esters is 1. The van der Waals surface area contributed by atoms with Gasteiger partial charge in [-0.1, -0.05) is 31.2 Å². The van der Waals surface area contributed by atoms with E-state index in [0.717, 1.165) is 6.42 Å². The Kier molecular flexibility index (Phi) is 6.22. The van der Waals surface area contributed by atoms with Gasteiger partial charge in [0.05, 0.1) is 13.2 Å². The quantitative estimate of drug-likeness (QED) is 0.603. The lowest BCUT2D eigenvalue weighted by atomic mass is 9.99. The van der Waals surface area contributed by atoms with Crippen LogP contribution in [0.1, 0.15) is 35.7 Å². The highest BCUT2D eigenvalue weighted by Crippen LogP contribution is 2.10. The van der Waals surface area contributed by atoms with E-state index in [9.17, 15) is 9.59 Å². The predicted molar refractivity (Wildman–Crippen MR) is 74.2 cm³/mol. The van der Waals surface area contributed by atoms with E-state index in [2.05, 4.69) is 17.0 Å². The molecule has 0 aliphatic carbocycles. The first-order valence-corrected chi connectivity index (χ1v) is 6.49. The third kappa shape index (κ3) is 4.48. The summed E-state index contributed by atoms with van der Waals surface area (Å²) in [4.78, 5) is 23.4. The molecule has 0 saturated heterocycles. The molecule has 4 heteroatoms. The van der Waals surface area contributed by atoms with E-state index in [1.165, 1.54) is 12.7 Å². The van der Waals surface area contributed by atoms with Crippen LogP contribution in [0.2, 0.25) is 0 Å². The number of carbonyl (C=O) groups excluding carboxylic acids is 2. The number of ketones is 1. The number of nitrogens with one attached hydrogen (secondary N) is 1. The predicted octanol–water partition coefficient (Wildman–Crippen LogP) is 1.97. The van der Waals surface area contributed by atoms with Gasteiger partial charge in [-0.05, 0) is 25.5 Å². The molecule has 19 heavy (non-hydrogen) atoms. The van der Waals surface area contributed by atoms with Crippen LogP contribution in [0.3, 0.4) is 0 Å². The highest BCUT2D eigenvalue weighted by atomic mass is 16.5. The van der Waals surface area contributed by atoms with Crippen LogP contribution in [0.5, 0.6) is 0 Å². The molecule has 1 aromatic carbocycles. The van der Waals surface area contributed by atoms with E-state index >= 15 is 0 Å². The normalized spacial score (nSPS) is 11.9. The second kappa shape index (κ2) is 7.69. The van der Waals surface area contributed by atoms with Crippen molar-refractivity contribution in [3.63, 3.8) is 0 Å². The van der Waals surface area contributed by atoms with Crippen molar-refractivity contribution in [2.24, 2.45) is 0 Å². The molecule has 0 aromatic heterocycles. The third-order valence-corrected chi connectivity index (χ3v) is 3.18. The molecule has 1 unspecified atom stereocenters. The second-order valence-corrected chi connectivity index (χ2v) is 4.37. The fraction of sp³-hybridized carbons (Fsp3) is 0.467. The minimum atomic E-state index is -0.355. The molecule has 0 aliphatic rings. The molecule has 0 bridgehead atoms. The summed E-state index contributed by atoms with van der Waals surface area (Å²) in [5.74, 6) is -0.288. The zero-order valence-corrected chi connectivity index (χ0v) is 11.7. The van der Waals surface area contributed by atoms with E-state index < -0.39 is 0 Å². The molecule has 0 amide bonds. The minimum absolute atomic E-state index is 0.00839. The van der Waals surface area contributed by atoms with Crippen LogP contribution in [0.25, 0.3) is 0 Å². The van der Waals surface area contributed by atoms with Crippen LogP contribution in [0.15, 0.2) is 24.3 Å². The highest BCUT2D eigenvalue weighted by Gasteiger charge is 2.19. The molecule has 4 nitrogen and oxygen atoms in total. The Labute approximate surface area is 114 Å². The van der Waals surface area contributed by atoms with Gasteiger partial charge in [0, 0.05) is 12.0 Å². The van der Waals surface area contributed by atoms with E-state index in [4.69, 9.17) is 0 Å². The van der Waals surface area contributed by atoms with E-state index in [1.54, 1.807) is 7.05 Å². The fourth-order valence-corrected chi connectivity index (χ4v) is 1.88. The van der Waals surface area contributed by atoms with Crippen molar-refractivity contribution >= 4 is 11.8 Å². The molecule has 0 radical (unpaired) electrons. The number of hydrogen-bond acceptors (Lipinski definition) is 4. The fourth-order valence-electron chi connectivity index (χ4n) is 1.88. The lowest BCUT2D eigenvalue weighted by Crippen LogP contribution is -2.34. The maximum atomic E-state index is 12.3. The first kappa shape index (κ1) is 15.4. The van der Waals surface area contributed by atoms with E-state index in [1.807, 2.05) is 24.3 Å². The van der Waals surface area contributed by atoms with Crippen LogP contribution in [-0.2, 0) is 16.0 Å². The van der Waals surface area contributed by atoms with Crippen LogP contribution in [0.4, 0.5) is 0 Å². The van der Waals surface area contributed by atoms with Crippen molar-refractivity contribution in [2.75, 3.05) is 14.2 Å². The molecular weight excluding hydrogens is 242 g/mol. The van der Waals surface area contributed by atoms with Gasteiger partial charge in [-0.15, -0.1) is 0 Å². The summed E-state index contributed by atoms with van der Waals surface area (Å²) >= 11 is 0. The van der Waals surface area contributed by atoms with Crippen LogP contribution < -0.4 is 5.32 Å². The number of methoxy groups -OCH3 is 1. The van der Waals surface area contributed by atoms with Crippen LogP contribution >= 0.6 is 0 Å². The molecule has 0 aliphatic heterocycles. The molecule has 0 spiro atoms. The maximum Gasteiger partial charge on any atom is 0.305 e. The van der Waals surface area contributed by atoms with Crippen LogP contribution in [0, 0.1) is 0 Å². The Balaban J connectivity index is 2.68. The molecule has 0 saturated carbocycles. The molecule has 0 heterocycles. The van der Waals surface area contributed by atoms with Crippen molar-refractivity contribution in [1.82, 2.24) is 5.32 Å². The first-order valence-electron chi connectivity index (χ1n) is 6.49. The summed E-state index contributed by atoms with van der Waals surface area (Å²) in [7, 11) is 3.07. The van der Waals surface area contributed by atoms with Gasteiger partial charge in [0.2, 0.25) is 0 Å². The number of rotatable bonds is 7. The van der Waals surface area contributed by atoms with Gasteiger partial charge < -0.3 is 10.1 Å². The lowest BCUT2D eigenvalue weighted by molar-refractivity contribution is -0.140. The summed E-state index contributed by atoms with van der Waals surface area (Å²) < 4.78 is 4.58. The van der Waals surface area contributed by atoms with Gasteiger partial charge in [-0.3, -0.25) is 9.59 Å². The number of benzene rings is 1. The molecular formula is C15H21NO3. The SMILES string of the molecule is CCc1ccc(C(=O)C(CCC(=O)OC)NC)cc1. The monoisotopic (exact) mass is 263 g/mol. The van der Waals surface area contributed by atoms with Crippen LogP contribution in [-0.4, -0.2) is 32.0 Å². The molecule has 0 fully saturated rings. The number of carbonyl (C=O) groups is 2. The van der Waals surface area contributed by atoms with Gasteiger partial charge >= 0.3 is 5.97 Å². The number of ether oxygens (including phenoxy) is 1. The topological polar surface area (TPSA) is 55.4 Å². The Morgan fingerprint density at radius 1 is 1.26 bits per heavy atom. The average molecular weight is 263 g/mol. The number of Topliss-reactive ketones (excluding diaryl/α,β-unsaturated/α-hetero) is 1. The smallest absolute Gasteiger partial charge is 0.305 e. The van der Waals surface area contributed by atoms with Gasteiger partial charge in [0.1, 0.15) is 0 Å². The first-order chi connectivity index (χ1) is 9.12.